The van der Waals surface area contributed by atoms with Crippen LogP contribution in [0.5, 0.6) is 0 Å². The van der Waals surface area contributed by atoms with Crippen molar-refractivity contribution in [2.75, 3.05) is 13.2 Å². The Morgan fingerprint density at radius 3 is 2.61 bits per heavy atom. The molecule has 100 valence electrons. The summed E-state index contributed by atoms with van der Waals surface area (Å²) in [5.41, 5.74) is 6.63. The van der Waals surface area contributed by atoms with Crippen molar-refractivity contribution in [3.8, 4) is 0 Å². The summed E-state index contributed by atoms with van der Waals surface area (Å²) in [6.07, 6.45) is 0.111. The molecule has 18 heavy (non-hydrogen) atoms. The number of hydrogen-bond donors (Lipinski definition) is 2. The van der Waals surface area contributed by atoms with Crippen LogP contribution in [0, 0.1) is 0 Å². The fourth-order valence-electron chi connectivity index (χ4n) is 1.78. The molecule has 0 aromatic heterocycles. The van der Waals surface area contributed by atoms with E-state index < -0.39 is 0 Å². The minimum absolute atomic E-state index is 0.00116. The smallest absolute Gasteiger partial charge is 0.223 e. The molecule has 0 saturated carbocycles. The first-order valence-corrected chi connectivity index (χ1v) is 6.33. The van der Waals surface area contributed by atoms with Crippen LogP contribution in [0.25, 0.3) is 0 Å². The number of ether oxygens (including phenoxy) is 1. The van der Waals surface area contributed by atoms with E-state index in [2.05, 4.69) is 5.32 Å². The van der Waals surface area contributed by atoms with Crippen molar-refractivity contribution >= 4 is 5.91 Å². The van der Waals surface area contributed by atoms with Gasteiger partial charge < -0.3 is 15.8 Å². The topological polar surface area (TPSA) is 64.3 Å². The second kappa shape index (κ2) is 7.84. The monoisotopic (exact) mass is 250 g/mol. The molecule has 4 heteroatoms. The molecule has 1 rings (SSSR count). The summed E-state index contributed by atoms with van der Waals surface area (Å²) in [4.78, 5) is 11.8. The molecule has 0 heterocycles. The number of benzene rings is 1. The van der Waals surface area contributed by atoms with Gasteiger partial charge in [-0.05, 0) is 19.4 Å². The molecule has 0 aliphatic rings. The van der Waals surface area contributed by atoms with Gasteiger partial charge in [0.2, 0.25) is 5.91 Å². The van der Waals surface area contributed by atoms with E-state index in [4.69, 9.17) is 10.5 Å². The molecule has 1 aromatic carbocycles. The number of rotatable bonds is 7. The first kappa shape index (κ1) is 14.7. The number of nitrogens with two attached hydrogens (primary N) is 1. The van der Waals surface area contributed by atoms with Crippen molar-refractivity contribution in [1.29, 1.82) is 0 Å². The maximum Gasteiger partial charge on any atom is 0.223 e. The summed E-state index contributed by atoms with van der Waals surface area (Å²) in [6, 6.07) is 9.86. The molecule has 2 atom stereocenters. The molecule has 4 nitrogen and oxygen atoms in total. The van der Waals surface area contributed by atoms with Crippen LogP contribution in [0.15, 0.2) is 30.3 Å². The van der Waals surface area contributed by atoms with Crippen molar-refractivity contribution in [2.24, 2.45) is 5.73 Å². The lowest BCUT2D eigenvalue weighted by atomic mass is 10.1. The van der Waals surface area contributed by atoms with Crippen LogP contribution in [0.2, 0.25) is 0 Å². The van der Waals surface area contributed by atoms with Crippen LogP contribution in [0.1, 0.15) is 31.9 Å². The van der Waals surface area contributed by atoms with E-state index in [9.17, 15) is 4.79 Å². The van der Waals surface area contributed by atoms with E-state index in [1.54, 1.807) is 0 Å². The molecule has 3 N–H and O–H groups in total. The molecule has 1 unspecified atom stereocenters. The van der Waals surface area contributed by atoms with Gasteiger partial charge in [0.15, 0.2) is 0 Å². The average Bonchev–Trinajstić information content (AvgIpc) is 2.39. The highest BCUT2D eigenvalue weighted by atomic mass is 16.5. The van der Waals surface area contributed by atoms with Gasteiger partial charge in [0.25, 0.3) is 0 Å². The SMILES string of the molecule is CCOC(CN)CC(=O)N[C@H](C)c1ccccc1. The van der Waals surface area contributed by atoms with Crippen LogP contribution < -0.4 is 11.1 Å². The Hall–Kier alpha value is -1.39. The molecule has 0 aliphatic heterocycles. The van der Waals surface area contributed by atoms with Gasteiger partial charge in [-0.3, -0.25) is 4.79 Å². The van der Waals surface area contributed by atoms with Crippen molar-refractivity contribution in [2.45, 2.75) is 32.4 Å². The fraction of sp³-hybridized carbons (Fsp3) is 0.500. The van der Waals surface area contributed by atoms with Gasteiger partial charge in [0, 0.05) is 13.2 Å². The molecular weight excluding hydrogens is 228 g/mol. The summed E-state index contributed by atoms with van der Waals surface area (Å²) >= 11 is 0. The highest BCUT2D eigenvalue weighted by molar-refractivity contribution is 5.76. The molecule has 0 spiro atoms. The van der Waals surface area contributed by atoms with Crippen molar-refractivity contribution in [1.82, 2.24) is 5.32 Å². The number of hydrogen-bond acceptors (Lipinski definition) is 3. The zero-order valence-electron chi connectivity index (χ0n) is 11.1. The largest absolute Gasteiger partial charge is 0.377 e. The zero-order chi connectivity index (χ0) is 13.4. The number of amides is 1. The third-order valence-electron chi connectivity index (χ3n) is 2.76. The molecule has 0 saturated heterocycles. The summed E-state index contributed by atoms with van der Waals surface area (Å²) in [5, 5.41) is 2.94. The minimum atomic E-state index is -0.196. The van der Waals surface area contributed by atoms with E-state index in [-0.39, 0.29) is 18.1 Å². The van der Waals surface area contributed by atoms with Gasteiger partial charge in [-0.25, -0.2) is 0 Å². The summed E-state index contributed by atoms with van der Waals surface area (Å²) in [7, 11) is 0. The van der Waals surface area contributed by atoms with Crippen LogP contribution >= 0.6 is 0 Å². The molecule has 0 bridgehead atoms. The maximum absolute atomic E-state index is 11.8. The lowest BCUT2D eigenvalue weighted by molar-refractivity contribution is -0.124. The predicted octanol–water partition coefficient (Wildman–Crippen LogP) is 1.62. The predicted molar refractivity (Wildman–Crippen MR) is 72.1 cm³/mol. The van der Waals surface area contributed by atoms with E-state index in [1.807, 2.05) is 44.2 Å². The minimum Gasteiger partial charge on any atom is -0.377 e. The Morgan fingerprint density at radius 2 is 2.06 bits per heavy atom. The van der Waals surface area contributed by atoms with E-state index >= 15 is 0 Å². The Morgan fingerprint density at radius 1 is 1.39 bits per heavy atom. The third kappa shape index (κ3) is 4.85. The lowest BCUT2D eigenvalue weighted by Crippen LogP contribution is -2.34. The second-order valence-electron chi connectivity index (χ2n) is 4.22. The van der Waals surface area contributed by atoms with Gasteiger partial charge in [-0.2, -0.15) is 0 Å². The van der Waals surface area contributed by atoms with Crippen LogP contribution in [-0.4, -0.2) is 25.2 Å². The maximum atomic E-state index is 11.8. The van der Waals surface area contributed by atoms with Crippen LogP contribution in [0.3, 0.4) is 0 Å². The van der Waals surface area contributed by atoms with Crippen molar-refractivity contribution in [3.63, 3.8) is 0 Å². The molecular formula is C14H22N2O2. The number of carbonyl (C=O) groups excluding carboxylic acids is 1. The standard InChI is InChI=1S/C14H22N2O2/c1-3-18-13(10-15)9-14(17)16-11(2)12-7-5-4-6-8-12/h4-8,11,13H,3,9-10,15H2,1-2H3,(H,16,17)/t11-,13?/m1/s1. The van der Waals surface area contributed by atoms with Crippen LogP contribution in [0.4, 0.5) is 0 Å². The first-order valence-electron chi connectivity index (χ1n) is 6.33. The molecule has 1 amide bonds. The number of carbonyl (C=O) groups is 1. The highest BCUT2D eigenvalue weighted by Crippen LogP contribution is 2.11. The summed E-state index contributed by atoms with van der Waals surface area (Å²) < 4.78 is 5.36. The quantitative estimate of drug-likeness (QED) is 0.773. The van der Waals surface area contributed by atoms with Crippen LogP contribution in [-0.2, 0) is 9.53 Å². The first-order chi connectivity index (χ1) is 8.67. The Balaban J connectivity index is 2.44. The molecule has 0 fully saturated rings. The molecule has 1 aromatic rings. The highest BCUT2D eigenvalue weighted by Gasteiger charge is 2.14. The van der Waals surface area contributed by atoms with Gasteiger partial charge in [0.05, 0.1) is 18.6 Å². The van der Waals surface area contributed by atoms with E-state index in [0.29, 0.717) is 19.6 Å². The van der Waals surface area contributed by atoms with Crippen molar-refractivity contribution < 1.29 is 9.53 Å². The number of nitrogens with one attached hydrogen (secondary N) is 1. The summed E-state index contributed by atoms with van der Waals surface area (Å²) in [5.74, 6) is -0.0322. The fourth-order valence-corrected chi connectivity index (χ4v) is 1.78. The van der Waals surface area contributed by atoms with Crippen molar-refractivity contribution in [3.05, 3.63) is 35.9 Å². The lowest BCUT2D eigenvalue weighted by Gasteiger charge is -2.18. The molecule has 0 aliphatic carbocycles. The Bertz CT molecular complexity index is 354. The Labute approximate surface area is 109 Å². The zero-order valence-corrected chi connectivity index (χ0v) is 11.1. The van der Waals surface area contributed by atoms with Gasteiger partial charge in [-0.15, -0.1) is 0 Å². The van der Waals surface area contributed by atoms with E-state index in [1.165, 1.54) is 0 Å². The Kier molecular flexibility index (Phi) is 6.39. The van der Waals surface area contributed by atoms with Gasteiger partial charge in [-0.1, -0.05) is 30.3 Å². The molecule has 0 radical (unpaired) electrons. The van der Waals surface area contributed by atoms with Gasteiger partial charge in [0.1, 0.15) is 0 Å². The summed E-state index contributed by atoms with van der Waals surface area (Å²) in [6.45, 7) is 4.79. The van der Waals surface area contributed by atoms with E-state index in [0.717, 1.165) is 5.56 Å². The average molecular weight is 250 g/mol. The second-order valence-corrected chi connectivity index (χ2v) is 4.22. The normalized spacial score (nSPS) is 13.9. The third-order valence-corrected chi connectivity index (χ3v) is 2.76. The van der Waals surface area contributed by atoms with Gasteiger partial charge >= 0.3 is 0 Å².